The number of ether oxygens (including phenoxy) is 4. The summed E-state index contributed by atoms with van der Waals surface area (Å²) in [6.07, 6.45) is 3.79. The molecule has 0 unspecified atom stereocenters. The van der Waals surface area contributed by atoms with E-state index in [4.69, 9.17) is 44.5 Å². The molecule has 1 fully saturated rings. The van der Waals surface area contributed by atoms with Crippen LogP contribution in [0.5, 0.6) is 0 Å². The zero-order valence-corrected chi connectivity index (χ0v) is 40.1. The van der Waals surface area contributed by atoms with Crippen LogP contribution in [0, 0.1) is 0 Å². The van der Waals surface area contributed by atoms with E-state index in [1.165, 1.54) is 59.0 Å². The summed E-state index contributed by atoms with van der Waals surface area (Å²) in [4.78, 5) is 112. The van der Waals surface area contributed by atoms with Gasteiger partial charge in [-0.2, -0.15) is 0 Å². The topological polar surface area (TPSA) is 314 Å². The molecular formula is C41H77N7O18. The number of nitrogens with zero attached hydrogens (tertiary/aromatic N) is 7. The average molecular weight is 956 g/mol. The van der Waals surface area contributed by atoms with Crippen LogP contribution in [-0.4, -0.2) is 273 Å². The molecule has 0 aromatic rings. The van der Waals surface area contributed by atoms with E-state index in [-0.39, 0.29) is 76.2 Å². The lowest BCUT2D eigenvalue weighted by Gasteiger charge is -2.33. The van der Waals surface area contributed by atoms with E-state index in [1.54, 1.807) is 0 Å². The van der Waals surface area contributed by atoms with Crippen LogP contribution >= 0.6 is 0 Å². The van der Waals surface area contributed by atoms with Crippen LogP contribution in [0.3, 0.4) is 0 Å². The van der Waals surface area contributed by atoms with Gasteiger partial charge < -0.3 is 44.5 Å². The molecule has 0 bridgehead atoms. The number of carboxylic acid groups (broad SMARTS) is 5. The van der Waals surface area contributed by atoms with Gasteiger partial charge >= 0.3 is 53.8 Å². The Morgan fingerprint density at radius 1 is 0.379 bits per heavy atom. The summed E-state index contributed by atoms with van der Waals surface area (Å²) >= 11 is 0. The first kappa shape index (κ1) is 65.1. The van der Waals surface area contributed by atoms with Crippen molar-refractivity contribution in [1.82, 2.24) is 34.3 Å². The molecule has 0 spiro atoms. The van der Waals surface area contributed by atoms with Crippen LogP contribution in [0.15, 0.2) is 0 Å². The van der Waals surface area contributed by atoms with Gasteiger partial charge in [-0.1, -0.05) is 53.4 Å². The van der Waals surface area contributed by atoms with Crippen molar-refractivity contribution in [3.63, 3.8) is 0 Å². The van der Waals surface area contributed by atoms with Crippen LogP contribution in [-0.2, 0) is 57.3 Å². The molecule has 1 rings (SSSR count). The van der Waals surface area contributed by atoms with Gasteiger partial charge in [0.2, 0.25) is 0 Å². The molecule has 0 aromatic heterocycles. The number of hydrogen-bond acceptors (Lipinski definition) is 19. The molecule has 1 aliphatic rings. The lowest BCUT2D eigenvalue weighted by Crippen LogP contribution is -2.49. The Balaban J connectivity index is -0.00000105. The average Bonchev–Trinajstić information content (AvgIpc) is 3.26. The van der Waals surface area contributed by atoms with E-state index in [1.807, 2.05) is 19.6 Å². The van der Waals surface area contributed by atoms with Crippen molar-refractivity contribution in [1.29, 1.82) is 0 Å². The number of unbranched alkanes of at least 4 members (excludes halogenated alkanes) is 2. The molecule has 25 nitrogen and oxygen atoms in total. The molecule has 0 aromatic carbocycles. The summed E-state index contributed by atoms with van der Waals surface area (Å²) in [6, 6.07) is 0. The Morgan fingerprint density at radius 3 is 0.818 bits per heavy atom. The SMILES string of the molecule is CCCC.CCCC.COC(=O)CN1CCN(CC(=O)OC)CCN(CC(=O)OC)CCN(CC(=O)OC)CC1.O=C(O)CN(CCN(CC(=O)O)CC(=O)O)CCN(CC(=O)O)C(=O)O. The van der Waals surface area contributed by atoms with E-state index >= 15 is 0 Å². The number of carbonyl (C=O) groups is 9. The summed E-state index contributed by atoms with van der Waals surface area (Å²) in [7, 11) is 5.34. The van der Waals surface area contributed by atoms with Crippen molar-refractivity contribution in [2.45, 2.75) is 53.4 Å². The van der Waals surface area contributed by atoms with Gasteiger partial charge in [-0.05, 0) is 0 Å². The predicted molar refractivity (Wildman–Crippen MR) is 238 cm³/mol. The predicted octanol–water partition coefficient (Wildman–Crippen LogP) is -0.578. The third-order valence-corrected chi connectivity index (χ3v) is 9.34. The van der Waals surface area contributed by atoms with Crippen molar-refractivity contribution in [3.8, 4) is 0 Å². The normalized spacial score (nSPS) is 13.9. The van der Waals surface area contributed by atoms with Crippen molar-refractivity contribution in [2.24, 2.45) is 0 Å². The first-order valence-corrected chi connectivity index (χ1v) is 21.6. The Morgan fingerprint density at radius 2 is 0.606 bits per heavy atom. The number of hydrogen-bond donors (Lipinski definition) is 5. The van der Waals surface area contributed by atoms with Gasteiger partial charge in [-0.25, -0.2) is 4.79 Å². The fourth-order valence-electron chi connectivity index (χ4n) is 5.21. The maximum absolute atomic E-state index is 11.9. The highest BCUT2D eigenvalue weighted by molar-refractivity contribution is 5.76. The molecule has 0 aliphatic carbocycles. The van der Waals surface area contributed by atoms with E-state index in [9.17, 15) is 43.2 Å². The number of aliphatic carboxylic acids is 4. The molecule has 0 atom stereocenters. The second-order valence-corrected chi connectivity index (χ2v) is 14.7. The third kappa shape index (κ3) is 39.2. The quantitative estimate of drug-likeness (QED) is 0.0597. The molecular weight excluding hydrogens is 878 g/mol. The van der Waals surface area contributed by atoms with Gasteiger partial charge in [0.15, 0.2) is 0 Å². The molecule has 1 aliphatic heterocycles. The van der Waals surface area contributed by atoms with Crippen LogP contribution < -0.4 is 0 Å². The fourth-order valence-corrected chi connectivity index (χ4v) is 5.21. The van der Waals surface area contributed by atoms with Crippen molar-refractivity contribution < 1.29 is 87.6 Å². The van der Waals surface area contributed by atoms with Crippen molar-refractivity contribution >= 4 is 53.8 Å². The standard InChI is InChI=1S/C20H36N4O8.C13H21N3O10.2C4H10/c1-29-17(25)13-21-5-7-22(14-18(26)30-2)9-11-24(16-20(28)32-4)12-10-23(8-6-21)15-19(27)31-3;17-9(18)5-14(3-4-16(13(25)26)8-12(23)24)1-2-15(6-10(19)20)7-11(21)22;2*1-3-4-2/h5-16H2,1-4H3;1-8H2,(H,17,18)(H,19,20)(H,21,22)(H,23,24)(H,25,26);2*3-4H2,1-2H3. The first-order chi connectivity index (χ1) is 31.1. The number of amides is 1. The largest absolute Gasteiger partial charge is 0.480 e. The van der Waals surface area contributed by atoms with Crippen LogP contribution in [0.25, 0.3) is 0 Å². The number of methoxy groups -OCH3 is 4. The highest BCUT2D eigenvalue weighted by Crippen LogP contribution is 2.03. The van der Waals surface area contributed by atoms with Crippen LogP contribution in [0.2, 0.25) is 0 Å². The highest BCUT2D eigenvalue weighted by atomic mass is 16.5. The summed E-state index contributed by atoms with van der Waals surface area (Å²) in [6.45, 7) is 10.2. The summed E-state index contributed by atoms with van der Waals surface area (Å²) in [5, 5.41) is 44.0. The molecule has 25 heteroatoms. The highest BCUT2D eigenvalue weighted by Gasteiger charge is 2.23. The molecule has 1 heterocycles. The molecule has 66 heavy (non-hydrogen) atoms. The monoisotopic (exact) mass is 956 g/mol. The van der Waals surface area contributed by atoms with Gasteiger partial charge in [0, 0.05) is 78.5 Å². The summed E-state index contributed by atoms with van der Waals surface area (Å²) < 4.78 is 19.2. The number of carbonyl (C=O) groups excluding carboxylic acids is 4. The maximum atomic E-state index is 11.9. The van der Waals surface area contributed by atoms with Crippen molar-refractivity contribution in [3.05, 3.63) is 0 Å². The molecule has 0 saturated carbocycles. The lowest BCUT2D eigenvalue weighted by molar-refractivity contribution is -0.145. The zero-order valence-electron chi connectivity index (χ0n) is 40.1. The van der Waals surface area contributed by atoms with E-state index < -0.39 is 56.1 Å². The number of carboxylic acids is 4. The molecule has 5 N–H and O–H groups in total. The Hall–Kier alpha value is -5.21. The minimum absolute atomic E-state index is 0.0482. The lowest BCUT2D eigenvalue weighted by atomic mass is 10.3. The summed E-state index contributed by atoms with van der Waals surface area (Å²) in [5.41, 5.74) is 0. The minimum Gasteiger partial charge on any atom is -0.480 e. The number of esters is 4. The maximum Gasteiger partial charge on any atom is 0.407 e. The number of rotatable bonds is 24. The molecule has 1 saturated heterocycles. The minimum atomic E-state index is -1.49. The fraction of sp³-hybridized carbons (Fsp3) is 0.780. The van der Waals surface area contributed by atoms with Gasteiger partial charge in [0.25, 0.3) is 0 Å². The van der Waals surface area contributed by atoms with E-state index in [2.05, 4.69) is 27.7 Å². The summed E-state index contributed by atoms with van der Waals surface area (Å²) in [5.74, 6) is -6.55. The van der Waals surface area contributed by atoms with Crippen LogP contribution in [0.1, 0.15) is 53.4 Å². The molecule has 384 valence electrons. The van der Waals surface area contributed by atoms with E-state index in [0.717, 1.165) is 4.90 Å². The molecule has 0 radical (unpaired) electrons. The Labute approximate surface area is 388 Å². The first-order valence-electron chi connectivity index (χ1n) is 21.6. The third-order valence-electron chi connectivity index (χ3n) is 9.34. The van der Waals surface area contributed by atoms with Crippen LogP contribution in [0.4, 0.5) is 4.79 Å². The van der Waals surface area contributed by atoms with Gasteiger partial charge in [0.05, 0.1) is 74.3 Å². The van der Waals surface area contributed by atoms with Gasteiger partial charge in [-0.15, -0.1) is 0 Å². The zero-order chi connectivity index (χ0) is 51.0. The Bertz CT molecular complexity index is 1280. The smallest absolute Gasteiger partial charge is 0.407 e. The Kier molecular flexibility index (Phi) is 40.7. The van der Waals surface area contributed by atoms with Crippen molar-refractivity contribution in [2.75, 3.05) is 159 Å². The molecule has 1 amide bonds. The van der Waals surface area contributed by atoms with E-state index in [0.29, 0.717) is 57.3 Å². The van der Waals surface area contributed by atoms with Gasteiger partial charge in [0.1, 0.15) is 6.54 Å². The second-order valence-electron chi connectivity index (χ2n) is 14.7. The van der Waals surface area contributed by atoms with Gasteiger partial charge in [-0.3, -0.25) is 72.7 Å². The second kappa shape index (κ2) is 41.2.